The van der Waals surface area contributed by atoms with Crippen molar-refractivity contribution in [3.63, 3.8) is 0 Å². The third kappa shape index (κ3) is 4.53. The van der Waals surface area contributed by atoms with Crippen molar-refractivity contribution < 1.29 is 9.72 Å². The van der Waals surface area contributed by atoms with E-state index in [2.05, 4.69) is 38.1 Å². The molecule has 1 amide bonds. The number of hydrogen-bond acceptors (Lipinski definition) is 6. The summed E-state index contributed by atoms with van der Waals surface area (Å²) in [5.41, 5.74) is 1.89. The monoisotopic (exact) mass is 399 g/mol. The number of hydrogen-bond donors (Lipinski definition) is 1. The molecule has 156 valence electrons. The minimum absolute atomic E-state index is 0.0217. The molecule has 1 atom stereocenters. The van der Waals surface area contributed by atoms with E-state index in [1.54, 1.807) is 12.1 Å². The average molecular weight is 399 g/mol. The Morgan fingerprint density at radius 3 is 2.28 bits per heavy atom. The van der Waals surface area contributed by atoms with Gasteiger partial charge < -0.3 is 5.32 Å². The first-order valence-electron chi connectivity index (χ1n) is 9.86. The molecule has 1 saturated heterocycles. The van der Waals surface area contributed by atoms with Gasteiger partial charge in [0.05, 0.1) is 22.4 Å². The molecule has 0 saturated carbocycles. The van der Waals surface area contributed by atoms with Gasteiger partial charge in [-0.1, -0.05) is 0 Å². The average Bonchev–Trinajstić information content (AvgIpc) is 2.86. The van der Waals surface area contributed by atoms with Crippen LogP contribution in [-0.4, -0.2) is 39.4 Å². The Kier molecular flexibility index (Phi) is 5.34. The van der Waals surface area contributed by atoms with Crippen LogP contribution in [0, 0.1) is 16.0 Å². The lowest BCUT2D eigenvalue weighted by atomic mass is 9.79. The predicted octanol–water partition coefficient (Wildman–Crippen LogP) is 3.70. The second-order valence-electron chi connectivity index (χ2n) is 9.32. The van der Waals surface area contributed by atoms with Gasteiger partial charge in [0, 0.05) is 28.9 Å². The van der Waals surface area contributed by atoms with Gasteiger partial charge >= 0.3 is 0 Å². The molecule has 0 aliphatic carbocycles. The van der Waals surface area contributed by atoms with Crippen LogP contribution in [0.15, 0.2) is 34.4 Å². The van der Waals surface area contributed by atoms with Crippen LogP contribution >= 0.6 is 0 Å². The number of benzene rings is 1. The van der Waals surface area contributed by atoms with Crippen molar-refractivity contribution in [3.8, 4) is 0 Å². The minimum atomic E-state index is -0.494. The molecule has 2 aliphatic heterocycles. The van der Waals surface area contributed by atoms with Gasteiger partial charge in [0.15, 0.2) is 0 Å². The molecule has 2 heterocycles. The zero-order valence-corrected chi connectivity index (χ0v) is 17.9. The summed E-state index contributed by atoms with van der Waals surface area (Å²) >= 11 is 0. The molecular formula is C21H29N5O3. The van der Waals surface area contributed by atoms with Crippen LogP contribution in [-0.2, 0) is 4.79 Å². The largest absolute Gasteiger partial charge is 0.307 e. The van der Waals surface area contributed by atoms with Gasteiger partial charge in [-0.2, -0.15) is 10.1 Å². The number of nitrogens with one attached hydrogen (secondary N) is 1. The maximum atomic E-state index is 13.1. The summed E-state index contributed by atoms with van der Waals surface area (Å²) in [4.78, 5) is 28.4. The third-order valence-corrected chi connectivity index (χ3v) is 5.41. The Balaban J connectivity index is 1.81. The molecule has 8 nitrogen and oxygen atoms in total. The van der Waals surface area contributed by atoms with E-state index in [4.69, 9.17) is 4.99 Å². The van der Waals surface area contributed by atoms with Crippen molar-refractivity contribution >= 4 is 28.7 Å². The number of non-ortho nitro benzene ring substituents is 1. The lowest BCUT2D eigenvalue weighted by Gasteiger charge is -2.45. The molecule has 1 aromatic carbocycles. The number of rotatable bonds is 4. The van der Waals surface area contributed by atoms with Crippen molar-refractivity contribution in [3.05, 3.63) is 34.4 Å². The van der Waals surface area contributed by atoms with E-state index in [1.165, 1.54) is 17.1 Å². The highest BCUT2D eigenvalue weighted by Crippen LogP contribution is 2.32. The molecule has 0 unspecified atom stereocenters. The Morgan fingerprint density at radius 1 is 1.21 bits per heavy atom. The molecule has 29 heavy (non-hydrogen) atoms. The Hall–Kier alpha value is -2.61. The number of nitro benzene ring substituents is 1. The van der Waals surface area contributed by atoms with Crippen LogP contribution in [0.25, 0.3) is 0 Å². The van der Waals surface area contributed by atoms with Crippen molar-refractivity contribution in [1.82, 2.24) is 5.32 Å². The van der Waals surface area contributed by atoms with E-state index in [0.29, 0.717) is 11.4 Å². The number of nitro groups is 1. The maximum absolute atomic E-state index is 13.1. The van der Waals surface area contributed by atoms with E-state index >= 15 is 0 Å². The fraction of sp³-hybridized carbons (Fsp3) is 0.571. The number of amides is 1. The summed E-state index contributed by atoms with van der Waals surface area (Å²) in [6, 6.07) is 5.97. The third-order valence-electron chi connectivity index (χ3n) is 5.41. The zero-order chi connectivity index (χ0) is 21.6. The first-order chi connectivity index (χ1) is 13.4. The van der Waals surface area contributed by atoms with Crippen LogP contribution in [0.4, 0.5) is 11.4 Å². The molecule has 0 radical (unpaired) electrons. The van der Waals surface area contributed by atoms with E-state index in [9.17, 15) is 14.9 Å². The summed E-state index contributed by atoms with van der Waals surface area (Å²) in [6.45, 7) is 12.4. The molecule has 1 aromatic rings. The summed E-state index contributed by atoms with van der Waals surface area (Å²) in [7, 11) is 0. The van der Waals surface area contributed by atoms with Gasteiger partial charge in [-0.3, -0.25) is 19.9 Å². The molecule has 1 N–H and O–H groups in total. The molecular weight excluding hydrogens is 370 g/mol. The predicted molar refractivity (Wildman–Crippen MR) is 115 cm³/mol. The number of piperidine rings is 1. The molecule has 2 aliphatic rings. The van der Waals surface area contributed by atoms with Crippen LogP contribution < -0.4 is 10.3 Å². The zero-order valence-electron chi connectivity index (χ0n) is 17.9. The van der Waals surface area contributed by atoms with Gasteiger partial charge in [-0.05, 0) is 66.5 Å². The smallest absolute Gasteiger partial charge is 0.269 e. The highest BCUT2D eigenvalue weighted by molar-refractivity contribution is 6.27. The maximum Gasteiger partial charge on any atom is 0.269 e. The molecule has 8 heteroatoms. The summed E-state index contributed by atoms with van der Waals surface area (Å²) in [5.74, 6) is -0.670. The molecule has 0 aromatic heterocycles. The highest BCUT2D eigenvalue weighted by Gasteiger charge is 2.40. The van der Waals surface area contributed by atoms with Crippen molar-refractivity contribution in [2.75, 3.05) is 5.01 Å². The van der Waals surface area contributed by atoms with E-state index < -0.39 is 10.8 Å². The molecule has 0 bridgehead atoms. The van der Waals surface area contributed by atoms with Crippen molar-refractivity contribution in [2.45, 2.75) is 71.5 Å². The lowest BCUT2D eigenvalue weighted by molar-refractivity contribution is -0.384. The van der Waals surface area contributed by atoms with Crippen LogP contribution in [0.3, 0.4) is 0 Å². The number of nitrogens with zero attached hydrogens (tertiary/aromatic N) is 4. The number of hydrazone groups is 1. The van der Waals surface area contributed by atoms with E-state index in [-0.39, 0.29) is 28.7 Å². The van der Waals surface area contributed by atoms with Crippen LogP contribution in [0.5, 0.6) is 0 Å². The molecule has 1 fully saturated rings. The molecule has 3 rings (SSSR count). The standard InChI is InChI=1S/C21H29N5O3/c1-13(22-15-11-20(3,4)24-21(5,6)12-15)18-14(2)23-25(19(18)27)16-7-9-17(10-8-16)26(28)29/h7-10,15,18,24H,11-12H2,1-6H3/t18-/m1/s1. The van der Waals surface area contributed by atoms with E-state index in [1.807, 2.05) is 13.8 Å². The second-order valence-corrected chi connectivity index (χ2v) is 9.32. The fourth-order valence-electron chi connectivity index (χ4n) is 4.67. The van der Waals surface area contributed by atoms with Crippen LogP contribution in [0.1, 0.15) is 54.4 Å². The van der Waals surface area contributed by atoms with Gasteiger partial charge in [-0.25, -0.2) is 0 Å². The number of aliphatic imine (C=N–C) groups is 1. The molecule has 0 spiro atoms. The Morgan fingerprint density at radius 2 is 1.76 bits per heavy atom. The Labute approximate surface area is 171 Å². The normalized spacial score (nSPS) is 24.6. The Bertz CT molecular complexity index is 870. The number of carbonyl (C=O) groups excluding carboxylic acids is 1. The summed E-state index contributed by atoms with van der Waals surface area (Å²) in [5, 5.41) is 20.2. The highest BCUT2D eigenvalue weighted by atomic mass is 16.6. The van der Waals surface area contributed by atoms with Gasteiger partial charge in [0.1, 0.15) is 5.92 Å². The first kappa shape index (κ1) is 21.1. The van der Waals surface area contributed by atoms with Gasteiger partial charge in [0.25, 0.3) is 11.6 Å². The van der Waals surface area contributed by atoms with E-state index in [0.717, 1.165) is 18.6 Å². The quantitative estimate of drug-likeness (QED) is 0.474. The number of anilines is 1. The fourth-order valence-corrected chi connectivity index (χ4v) is 4.67. The van der Waals surface area contributed by atoms with Crippen LogP contribution in [0.2, 0.25) is 0 Å². The van der Waals surface area contributed by atoms with Crippen molar-refractivity contribution in [2.24, 2.45) is 16.0 Å². The minimum Gasteiger partial charge on any atom is -0.307 e. The topological polar surface area (TPSA) is 100 Å². The van der Waals surface area contributed by atoms with Gasteiger partial charge in [0.2, 0.25) is 0 Å². The summed E-state index contributed by atoms with van der Waals surface area (Å²) < 4.78 is 0. The number of carbonyl (C=O) groups is 1. The van der Waals surface area contributed by atoms with Gasteiger partial charge in [-0.15, -0.1) is 0 Å². The summed E-state index contributed by atoms with van der Waals surface area (Å²) in [6.07, 6.45) is 1.80. The lowest BCUT2D eigenvalue weighted by Crippen LogP contribution is -2.59. The first-order valence-corrected chi connectivity index (χ1v) is 9.86. The second kappa shape index (κ2) is 7.33. The SMILES string of the molecule is CC(=NC1CC(C)(C)NC(C)(C)C1)[C@H]1C(=O)N(c2ccc([N+](=O)[O-])cc2)N=C1C. The van der Waals surface area contributed by atoms with Crippen molar-refractivity contribution in [1.29, 1.82) is 0 Å².